The zero-order valence-corrected chi connectivity index (χ0v) is 16.3. The predicted molar refractivity (Wildman–Crippen MR) is 99.8 cm³/mol. The van der Waals surface area contributed by atoms with E-state index in [-0.39, 0.29) is 5.92 Å². The van der Waals surface area contributed by atoms with Gasteiger partial charge < -0.3 is 9.47 Å². The monoisotopic (exact) mass is 376 g/mol. The summed E-state index contributed by atoms with van der Waals surface area (Å²) in [7, 11) is 3.46. The molecule has 0 heterocycles. The van der Waals surface area contributed by atoms with Gasteiger partial charge >= 0.3 is 0 Å². The lowest BCUT2D eigenvalue weighted by Crippen LogP contribution is -2.12. The second kappa shape index (κ2) is 7.39. The van der Waals surface area contributed by atoms with Crippen molar-refractivity contribution in [3.8, 4) is 11.5 Å². The number of halogens is 1. The van der Waals surface area contributed by atoms with E-state index in [2.05, 4.69) is 74.0 Å². The molecule has 1 unspecified atom stereocenters. The van der Waals surface area contributed by atoms with Crippen LogP contribution in [0.2, 0.25) is 0 Å². The maximum Gasteiger partial charge on any atom is 0.136 e. The first-order valence-corrected chi connectivity index (χ1v) is 8.66. The summed E-state index contributed by atoms with van der Waals surface area (Å²) in [6.07, 6.45) is 0. The minimum Gasteiger partial charge on any atom is -0.496 e. The van der Waals surface area contributed by atoms with Gasteiger partial charge in [0.25, 0.3) is 0 Å². The van der Waals surface area contributed by atoms with Crippen molar-refractivity contribution < 1.29 is 9.47 Å². The molecule has 0 fully saturated rings. The molecule has 0 aliphatic rings. The Morgan fingerprint density at radius 2 is 1.52 bits per heavy atom. The Morgan fingerprint density at radius 3 is 2.09 bits per heavy atom. The molecular formula is C20H25BrO2. The van der Waals surface area contributed by atoms with Crippen LogP contribution in [-0.4, -0.2) is 14.2 Å². The van der Waals surface area contributed by atoms with Crippen LogP contribution in [0, 0.1) is 19.8 Å². The molecule has 124 valence electrons. The number of rotatable bonds is 5. The van der Waals surface area contributed by atoms with Crippen LogP contribution in [0.3, 0.4) is 0 Å². The van der Waals surface area contributed by atoms with Gasteiger partial charge in [-0.2, -0.15) is 0 Å². The third-order valence-electron chi connectivity index (χ3n) is 4.14. The first-order valence-electron chi connectivity index (χ1n) is 7.87. The number of ether oxygens (including phenoxy) is 2. The van der Waals surface area contributed by atoms with Gasteiger partial charge in [-0.1, -0.05) is 37.6 Å². The third-order valence-corrected chi connectivity index (χ3v) is 4.73. The molecule has 0 saturated carbocycles. The summed E-state index contributed by atoms with van der Waals surface area (Å²) >= 11 is 3.64. The van der Waals surface area contributed by atoms with Gasteiger partial charge in [0.2, 0.25) is 0 Å². The Morgan fingerprint density at radius 1 is 0.870 bits per heavy atom. The van der Waals surface area contributed by atoms with Gasteiger partial charge in [0.1, 0.15) is 11.5 Å². The second-order valence-corrected chi connectivity index (χ2v) is 7.19. The van der Waals surface area contributed by atoms with Crippen molar-refractivity contribution in [2.24, 2.45) is 5.92 Å². The van der Waals surface area contributed by atoms with E-state index in [1.165, 1.54) is 22.3 Å². The first-order chi connectivity index (χ1) is 10.9. The summed E-state index contributed by atoms with van der Waals surface area (Å²) in [5.41, 5.74) is 4.85. The highest BCUT2D eigenvalue weighted by Crippen LogP contribution is 2.44. The second-order valence-electron chi connectivity index (χ2n) is 6.34. The zero-order chi connectivity index (χ0) is 17.1. The summed E-state index contributed by atoms with van der Waals surface area (Å²) in [5, 5.41) is 0. The normalized spacial score (nSPS) is 12.3. The molecule has 0 aliphatic carbocycles. The molecular weight excluding hydrogens is 352 g/mol. The Bertz CT molecular complexity index is 692. The number of hydrogen-bond acceptors (Lipinski definition) is 2. The lowest BCUT2D eigenvalue weighted by molar-refractivity contribution is 0.388. The molecule has 2 nitrogen and oxygen atoms in total. The van der Waals surface area contributed by atoms with E-state index in [0.29, 0.717) is 5.92 Å². The molecule has 0 radical (unpaired) electrons. The van der Waals surface area contributed by atoms with E-state index in [0.717, 1.165) is 16.0 Å². The van der Waals surface area contributed by atoms with Crippen LogP contribution in [0.15, 0.2) is 34.8 Å². The van der Waals surface area contributed by atoms with Crippen molar-refractivity contribution in [1.82, 2.24) is 0 Å². The molecule has 0 bridgehead atoms. The number of hydrogen-bond donors (Lipinski definition) is 0. The van der Waals surface area contributed by atoms with Gasteiger partial charge in [0, 0.05) is 17.0 Å². The van der Waals surface area contributed by atoms with Gasteiger partial charge in [-0.05, 0) is 53.4 Å². The van der Waals surface area contributed by atoms with Crippen LogP contribution >= 0.6 is 15.9 Å². The molecule has 1 atom stereocenters. The van der Waals surface area contributed by atoms with Crippen molar-refractivity contribution in [2.75, 3.05) is 14.2 Å². The molecule has 2 rings (SSSR count). The van der Waals surface area contributed by atoms with Crippen molar-refractivity contribution >= 4 is 15.9 Å². The number of aryl methyl sites for hydroxylation is 2. The quantitative estimate of drug-likeness (QED) is 0.649. The Labute approximate surface area is 148 Å². The molecule has 0 N–H and O–H groups in total. The fourth-order valence-corrected chi connectivity index (χ4v) is 3.94. The van der Waals surface area contributed by atoms with E-state index in [9.17, 15) is 0 Å². The highest BCUT2D eigenvalue weighted by molar-refractivity contribution is 9.10. The van der Waals surface area contributed by atoms with Crippen LogP contribution in [0.4, 0.5) is 0 Å². The predicted octanol–water partition coefficient (Wildman–Crippen LogP) is 5.87. The summed E-state index contributed by atoms with van der Waals surface area (Å²) in [6, 6.07) is 10.7. The molecule has 0 aliphatic heterocycles. The number of methoxy groups -OCH3 is 2. The van der Waals surface area contributed by atoms with Crippen molar-refractivity contribution in [3.05, 3.63) is 57.1 Å². The van der Waals surface area contributed by atoms with E-state index in [4.69, 9.17) is 9.47 Å². The maximum atomic E-state index is 5.70. The average molecular weight is 377 g/mol. The highest BCUT2D eigenvalue weighted by atomic mass is 79.9. The molecule has 0 spiro atoms. The van der Waals surface area contributed by atoms with Gasteiger partial charge in [0.15, 0.2) is 0 Å². The molecule has 0 saturated heterocycles. The Kier molecular flexibility index (Phi) is 5.74. The van der Waals surface area contributed by atoms with E-state index in [1.54, 1.807) is 14.2 Å². The zero-order valence-electron chi connectivity index (χ0n) is 14.7. The summed E-state index contributed by atoms with van der Waals surface area (Å²) < 4.78 is 12.3. The molecule has 2 aromatic rings. The minimum absolute atomic E-state index is 0.205. The smallest absolute Gasteiger partial charge is 0.136 e. The Balaban J connectivity index is 2.72. The average Bonchev–Trinajstić information content (AvgIpc) is 2.47. The highest BCUT2D eigenvalue weighted by Gasteiger charge is 2.26. The van der Waals surface area contributed by atoms with Crippen LogP contribution < -0.4 is 9.47 Å². The molecule has 2 aromatic carbocycles. The van der Waals surface area contributed by atoms with Crippen molar-refractivity contribution in [2.45, 2.75) is 33.6 Å². The topological polar surface area (TPSA) is 18.5 Å². The van der Waals surface area contributed by atoms with E-state index >= 15 is 0 Å². The maximum absolute atomic E-state index is 5.70. The van der Waals surface area contributed by atoms with E-state index in [1.807, 2.05) is 0 Å². The van der Waals surface area contributed by atoms with Crippen LogP contribution in [-0.2, 0) is 0 Å². The molecule has 0 aromatic heterocycles. The Hall–Kier alpha value is -1.48. The molecule has 3 heteroatoms. The van der Waals surface area contributed by atoms with E-state index < -0.39 is 0 Å². The lowest BCUT2D eigenvalue weighted by Gasteiger charge is -2.27. The molecule has 23 heavy (non-hydrogen) atoms. The van der Waals surface area contributed by atoms with Crippen LogP contribution in [0.5, 0.6) is 11.5 Å². The standard InChI is InChI=1S/C20H25BrO2/c1-12(2)19(15-9-13(3)7-8-18(15)22-5)16-10-14(4)11-17(21)20(16)23-6/h7-12,19H,1-6H3. The number of benzene rings is 2. The molecule has 0 amide bonds. The van der Waals surface area contributed by atoms with Gasteiger partial charge in [-0.15, -0.1) is 0 Å². The summed E-state index contributed by atoms with van der Waals surface area (Å²) in [4.78, 5) is 0. The van der Waals surface area contributed by atoms with Crippen LogP contribution in [0.1, 0.15) is 42.0 Å². The summed E-state index contributed by atoms with van der Waals surface area (Å²) in [5.74, 6) is 2.44. The fourth-order valence-electron chi connectivity index (χ4n) is 3.18. The van der Waals surface area contributed by atoms with Crippen molar-refractivity contribution in [1.29, 1.82) is 0 Å². The van der Waals surface area contributed by atoms with Gasteiger partial charge in [0.05, 0.1) is 18.7 Å². The minimum atomic E-state index is 0.205. The third kappa shape index (κ3) is 3.72. The van der Waals surface area contributed by atoms with Crippen LogP contribution in [0.25, 0.3) is 0 Å². The fraction of sp³-hybridized carbons (Fsp3) is 0.400. The van der Waals surface area contributed by atoms with Gasteiger partial charge in [-0.25, -0.2) is 0 Å². The first kappa shape index (κ1) is 17.9. The summed E-state index contributed by atoms with van der Waals surface area (Å²) in [6.45, 7) is 8.70. The largest absolute Gasteiger partial charge is 0.496 e. The van der Waals surface area contributed by atoms with Gasteiger partial charge in [-0.3, -0.25) is 0 Å². The lowest BCUT2D eigenvalue weighted by atomic mass is 9.80. The SMILES string of the molecule is COc1ccc(C)cc1C(c1cc(C)cc(Br)c1OC)C(C)C. The van der Waals surface area contributed by atoms with Crippen molar-refractivity contribution in [3.63, 3.8) is 0 Å².